The van der Waals surface area contributed by atoms with Crippen LogP contribution in [-0.4, -0.2) is 38.0 Å². The van der Waals surface area contributed by atoms with E-state index in [-0.39, 0.29) is 11.8 Å². The predicted molar refractivity (Wildman–Crippen MR) is 81.9 cm³/mol. The molecule has 1 unspecified atom stereocenters. The van der Waals surface area contributed by atoms with Gasteiger partial charge < -0.3 is 16.0 Å². The summed E-state index contributed by atoms with van der Waals surface area (Å²) in [5.41, 5.74) is 7.53. The first-order valence-electron chi connectivity index (χ1n) is 6.74. The Labute approximate surface area is 121 Å². The van der Waals surface area contributed by atoms with Crippen molar-refractivity contribution in [1.82, 2.24) is 10.2 Å². The second-order valence-corrected chi connectivity index (χ2v) is 4.92. The Hall–Kier alpha value is -1.83. The van der Waals surface area contributed by atoms with E-state index >= 15 is 0 Å². The lowest BCUT2D eigenvalue weighted by Gasteiger charge is -2.20. The minimum absolute atomic E-state index is 0.0229. The van der Waals surface area contributed by atoms with E-state index in [2.05, 4.69) is 34.2 Å². The third-order valence-corrected chi connectivity index (χ3v) is 2.99. The number of nitrogens with one attached hydrogen (secondary N) is 1. The van der Waals surface area contributed by atoms with E-state index in [0.29, 0.717) is 6.54 Å². The third-order valence-electron chi connectivity index (χ3n) is 2.99. The fraction of sp³-hybridized carbons (Fsp3) is 0.438. The van der Waals surface area contributed by atoms with Gasteiger partial charge in [-0.15, -0.1) is 0 Å². The fourth-order valence-electron chi connectivity index (χ4n) is 2.07. The monoisotopic (exact) mass is 273 g/mol. The average molecular weight is 273 g/mol. The molecule has 0 radical (unpaired) electrons. The van der Waals surface area contributed by atoms with Crippen LogP contribution in [0.15, 0.2) is 24.3 Å². The topological polar surface area (TPSA) is 58.4 Å². The summed E-state index contributed by atoms with van der Waals surface area (Å²) in [7, 11) is 3.68. The fourth-order valence-corrected chi connectivity index (χ4v) is 2.07. The van der Waals surface area contributed by atoms with Crippen molar-refractivity contribution in [2.75, 3.05) is 27.2 Å². The molecule has 1 aromatic rings. The highest BCUT2D eigenvalue weighted by Gasteiger charge is 2.13. The number of carbonyl (C=O) groups is 1. The first-order valence-corrected chi connectivity index (χ1v) is 6.74. The van der Waals surface area contributed by atoms with Crippen LogP contribution in [0.3, 0.4) is 0 Å². The number of benzene rings is 1. The Kier molecular flexibility index (Phi) is 6.78. The van der Waals surface area contributed by atoms with Gasteiger partial charge in [-0.3, -0.25) is 4.79 Å². The van der Waals surface area contributed by atoms with Crippen LogP contribution in [0.2, 0.25) is 0 Å². The minimum Gasteiger partial charge on any atom is -0.359 e. The molecule has 0 bridgehead atoms. The quantitative estimate of drug-likeness (QED) is 0.781. The second-order valence-electron chi connectivity index (χ2n) is 4.92. The summed E-state index contributed by atoms with van der Waals surface area (Å²) < 4.78 is 0. The molecule has 0 saturated carbocycles. The Morgan fingerprint density at radius 1 is 1.50 bits per heavy atom. The molecule has 0 spiro atoms. The summed E-state index contributed by atoms with van der Waals surface area (Å²) in [6.45, 7) is 3.81. The molecule has 0 aliphatic carbocycles. The first kappa shape index (κ1) is 16.2. The molecule has 1 atom stereocenters. The Morgan fingerprint density at radius 2 is 2.25 bits per heavy atom. The average Bonchev–Trinajstić information content (AvgIpc) is 2.44. The largest absolute Gasteiger partial charge is 0.359 e. The predicted octanol–water partition coefficient (Wildman–Crippen LogP) is 0.811. The van der Waals surface area contributed by atoms with Crippen LogP contribution in [0.4, 0.5) is 0 Å². The van der Waals surface area contributed by atoms with Crippen LogP contribution in [-0.2, 0) is 11.3 Å². The molecule has 0 aliphatic rings. The van der Waals surface area contributed by atoms with Crippen molar-refractivity contribution >= 4 is 5.91 Å². The molecule has 1 aromatic carbocycles. The van der Waals surface area contributed by atoms with Crippen LogP contribution in [0, 0.1) is 17.8 Å². The molecule has 1 amide bonds. The van der Waals surface area contributed by atoms with Gasteiger partial charge in [0.05, 0.1) is 6.54 Å². The molecular weight excluding hydrogens is 250 g/mol. The lowest BCUT2D eigenvalue weighted by atomic mass is 10.1. The molecule has 108 valence electrons. The van der Waals surface area contributed by atoms with E-state index in [4.69, 9.17) is 5.73 Å². The number of amides is 1. The summed E-state index contributed by atoms with van der Waals surface area (Å²) in [5.74, 6) is 5.93. The van der Waals surface area contributed by atoms with Crippen LogP contribution in [0.1, 0.15) is 18.1 Å². The lowest BCUT2D eigenvalue weighted by Crippen LogP contribution is -2.34. The maximum absolute atomic E-state index is 11.5. The van der Waals surface area contributed by atoms with Crippen molar-refractivity contribution in [3.8, 4) is 11.8 Å². The van der Waals surface area contributed by atoms with E-state index in [1.807, 2.05) is 26.1 Å². The second kappa shape index (κ2) is 8.36. The molecule has 20 heavy (non-hydrogen) atoms. The Bertz CT molecular complexity index is 502. The van der Waals surface area contributed by atoms with Crippen molar-refractivity contribution in [1.29, 1.82) is 0 Å². The maximum atomic E-state index is 11.5. The summed E-state index contributed by atoms with van der Waals surface area (Å²) >= 11 is 0. The van der Waals surface area contributed by atoms with Crippen molar-refractivity contribution in [3.05, 3.63) is 35.4 Å². The van der Waals surface area contributed by atoms with Crippen molar-refractivity contribution < 1.29 is 4.79 Å². The zero-order chi connectivity index (χ0) is 15.0. The molecule has 0 aliphatic heterocycles. The lowest BCUT2D eigenvalue weighted by molar-refractivity contribution is -0.124. The van der Waals surface area contributed by atoms with Crippen LogP contribution >= 0.6 is 0 Å². The van der Waals surface area contributed by atoms with Gasteiger partial charge in [-0.25, -0.2) is 0 Å². The van der Waals surface area contributed by atoms with Gasteiger partial charge >= 0.3 is 0 Å². The van der Waals surface area contributed by atoms with Gasteiger partial charge in [0, 0.05) is 31.6 Å². The first-order chi connectivity index (χ1) is 9.56. The van der Waals surface area contributed by atoms with Gasteiger partial charge in [0.25, 0.3) is 0 Å². The van der Waals surface area contributed by atoms with Crippen molar-refractivity contribution in [2.45, 2.75) is 13.5 Å². The van der Waals surface area contributed by atoms with Gasteiger partial charge in [-0.1, -0.05) is 30.9 Å². The molecule has 0 heterocycles. The highest BCUT2D eigenvalue weighted by molar-refractivity contribution is 5.78. The molecule has 4 nitrogen and oxygen atoms in total. The number of carbonyl (C=O) groups excluding carboxylic acids is 1. The molecule has 0 saturated heterocycles. The SMILES string of the molecule is CNC(=O)C(C)CN(C)Cc1cccc(C#CCN)c1. The Balaban J connectivity index is 2.61. The Morgan fingerprint density at radius 3 is 2.90 bits per heavy atom. The zero-order valence-corrected chi connectivity index (χ0v) is 12.4. The molecule has 3 N–H and O–H groups in total. The molecule has 1 rings (SSSR count). The van der Waals surface area contributed by atoms with E-state index in [0.717, 1.165) is 18.7 Å². The van der Waals surface area contributed by atoms with Gasteiger partial charge in [-0.05, 0) is 24.7 Å². The van der Waals surface area contributed by atoms with Crippen molar-refractivity contribution in [2.24, 2.45) is 11.7 Å². The highest BCUT2D eigenvalue weighted by Crippen LogP contribution is 2.08. The molecule has 0 aromatic heterocycles. The number of rotatable bonds is 5. The van der Waals surface area contributed by atoms with E-state index in [1.54, 1.807) is 7.05 Å². The van der Waals surface area contributed by atoms with E-state index < -0.39 is 0 Å². The van der Waals surface area contributed by atoms with E-state index in [9.17, 15) is 4.79 Å². The summed E-state index contributed by atoms with van der Waals surface area (Å²) in [4.78, 5) is 13.6. The summed E-state index contributed by atoms with van der Waals surface area (Å²) in [5, 5.41) is 2.67. The van der Waals surface area contributed by atoms with Crippen molar-refractivity contribution in [3.63, 3.8) is 0 Å². The molecular formula is C16H23N3O. The number of nitrogens with zero attached hydrogens (tertiary/aromatic N) is 1. The van der Waals surface area contributed by atoms with Crippen LogP contribution in [0.5, 0.6) is 0 Å². The van der Waals surface area contributed by atoms with Gasteiger partial charge in [-0.2, -0.15) is 0 Å². The molecule has 4 heteroatoms. The number of hydrogen-bond donors (Lipinski definition) is 2. The van der Waals surface area contributed by atoms with Crippen LogP contribution < -0.4 is 11.1 Å². The third kappa shape index (κ3) is 5.43. The summed E-state index contributed by atoms with van der Waals surface area (Å²) in [6.07, 6.45) is 0. The standard InChI is InChI=1S/C16H23N3O/c1-13(16(20)18-2)11-19(3)12-15-7-4-6-14(10-15)8-5-9-17/h4,6-7,10,13H,9,11-12,17H2,1-3H3,(H,18,20). The maximum Gasteiger partial charge on any atom is 0.223 e. The van der Waals surface area contributed by atoms with Crippen LogP contribution in [0.25, 0.3) is 0 Å². The van der Waals surface area contributed by atoms with Gasteiger partial charge in [0.2, 0.25) is 5.91 Å². The minimum atomic E-state index is -0.0229. The highest BCUT2D eigenvalue weighted by atomic mass is 16.1. The number of hydrogen-bond acceptors (Lipinski definition) is 3. The summed E-state index contributed by atoms with van der Waals surface area (Å²) in [6, 6.07) is 8.09. The number of nitrogens with two attached hydrogens (primary N) is 1. The molecule has 0 fully saturated rings. The van der Waals surface area contributed by atoms with E-state index in [1.165, 1.54) is 5.56 Å². The van der Waals surface area contributed by atoms with Gasteiger partial charge in [0.15, 0.2) is 0 Å². The smallest absolute Gasteiger partial charge is 0.223 e. The zero-order valence-electron chi connectivity index (χ0n) is 12.4. The van der Waals surface area contributed by atoms with Gasteiger partial charge in [0.1, 0.15) is 0 Å². The normalized spacial score (nSPS) is 11.7.